The molecule has 142 valence electrons. The van der Waals surface area contributed by atoms with Crippen molar-refractivity contribution < 1.29 is 13.9 Å². The lowest BCUT2D eigenvalue weighted by molar-refractivity contribution is 0.0789. The summed E-state index contributed by atoms with van der Waals surface area (Å²) in [6, 6.07) is 16.4. The zero-order chi connectivity index (χ0) is 19.7. The standard InChI is InChI=1S/C21H17FN2O2S2/c1-24(12-13-7-8-16(26-2)14(22)11-13)21(25)19-10-9-18(27-19)20-23-15-5-3-4-6-17(15)28-20/h3-11H,12H2,1-2H3. The highest BCUT2D eigenvalue weighted by atomic mass is 32.1. The van der Waals surface area contributed by atoms with Gasteiger partial charge in [-0.25, -0.2) is 9.37 Å². The number of carbonyl (C=O) groups excluding carboxylic acids is 1. The highest BCUT2D eigenvalue weighted by Crippen LogP contribution is 2.34. The number of para-hydroxylation sites is 1. The minimum atomic E-state index is -0.435. The first-order chi connectivity index (χ1) is 13.5. The predicted octanol–water partition coefficient (Wildman–Crippen LogP) is 5.44. The Bertz CT molecular complexity index is 1120. The number of methoxy groups -OCH3 is 1. The molecule has 0 radical (unpaired) electrons. The molecule has 0 aliphatic carbocycles. The van der Waals surface area contributed by atoms with Crippen LogP contribution in [0.2, 0.25) is 0 Å². The third-order valence-electron chi connectivity index (χ3n) is 4.30. The molecule has 4 nitrogen and oxygen atoms in total. The van der Waals surface area contributed by atoms with E-state index in [1.807, 2.05) is 36.4 Å². The van der Waals surface area contributed by atoms with Crippen molar-refractivity contribution in [3.63, 3.8) is 0 Å². The molecule has 2 aromatic carbocycles. The molecule has 0 aliphatic rings. The summed E-state index contributed by atoms with van der Waals surface area (Å²) >= 11 is 3.03. The van der Waals surface area contributed by atoms with E-state index in [1.165, 1.54) is 24.5 Å². The fraction of sp³-hybridized carbons (Fsp3) is 0.143. The van der Waals surface area contributed by atoms with Gasteiger partial charge >= 0.3 is 0 Å². The summed E-state index contributed by atoms with van der Waals surface area (Å²) in [7, 11) is 3.13. The largest absolute Gasteiger partial charge is 0.494 e. The number of fused-ring (bicyclic) bond motifs is 1. The monoisotopic (exact) mass is 412 g/mol. The zero-order valence-corrected chi connectivity index (χ0v) is 16.9. The van der Waals surface area contributed by atoms with E-state index in [1.54, 1.807) is 35.4 Å². The molecule has 7 heteroatoms. The lowest BCUT2D eigenvalue weighted by Gasteiger charge is -2.16. The summed E-state index contributed by atoms with van der Waals surface area (Å²) in [6.07, 6.45) is 0. The van der Waals surface area contributed by atoms with Crippen molar-refractivity contribution in [3.05, 3.63) is 70.9 Å². The summed E-state index contributed by atoms with van der Waals surface area (Å²) in [5, 5.41) is 0.908. The maximum absolute atomic E-state index is 13.9. The molecule has 0 bridgehead atoms. The molecular formula is C21H17FN2O2S2. The first-order valence-corrected chi connectivity index (χ1v) is 10.2. The van der Waals surface area contributed by atoms with Crippen molar-refractivity contribution in [3.8, 4) is 15.6 Å². The van der Waals surface area contributed by atoms with Gasteiger partial charge in [-0.3, -0.25) is 4.79 Å². The first kappa shape index (κ1) is 18.6. The normalized spacial score (nSPS) is 11.0. The van der Waals surface area contributed by atoms with Crippen molar-refractivity contribution in [2.24, 2.45) is 0 Å². The number of nitrogens with zero attached hydrogens (tertiary/aromatic N) is 2. The molecule has 0 unspecified atom stereocenters. The van der Waals surface area contributed by atoms with E-state index in [0.717, 1.165) is 20.1 Å². The number of thiophene rings is 1. The average Bonchev–Trinajstić information content (AvgIpc) is 3.34. The smallest absolute Gasteiger partial charge is 0.263 e. The number of hydrogen-bond acceptors (Lipinski definition) is 5. The highest BCUT2D eigenvalue weighted by Gasteiger charge is 2.17. The quantitative estimate of drug-likeness (QED) is 0.438. The molecule has 2 aromatic heterocycles. The van der Waals surface area contributed by atoms with Gasteiger partial charge in [0.15, 0.2) is 11.6 Å². The van der Waals surface area contributed by atoms with Gasteiger partial charge in [-0.2, -0.15) is 0 Å². The number of amides is 1. The fourth-order valence-corrected chi connectivity index (χ4v) is 4.91. The van der Waals surface area contributed by atoms with Crippen LogP contribution in [0.3, 0.4) is 0 Å². The Balaban J connectivity index is 1.51. The van der Waals surface area contributed by atoms with E-state index >= 15 is 0 Å². The molecular weight excluding hydrogens is 395 g/mol. The molecule has 0 N–H and O–H groups in total. The van der Waals surface area contributed by atoms with E-state index in [2.05, 4.69) is 4.98 Å². The number of hydrogen-bond donors (Lipinski definition) is 0. The number of benzene rings is 2. The number of ether oxygens (including phenoxy) is 1. The summed E-state index contributed by atoms with van der Waals surface area (Å²) in [5.41, 5.74) is 1.67. The van der Waals surface area contributed by atoms with Crippen molar-refractivity contribution in [2.75, 3.05) is 14.2 Å². The van der Waals surface area contributed by atoms with Crippen molar-refractivity contribution in [1.29, 1.82) is 0 Å². The molecule has 1 amide bonds. The summed E-state index contributed by atoms with van der Waals surface area (Å²) < 4.78 is 19.9. The number of aromatic nitrogens is 1. The van der Waals surface area contributed by atoms with Crippen LogP contribution < -0.4 is 4.74 Å². The van der Waals surface area contributed by atoms with Gasteiger partial charge in [-0.1, -0.05) is 18.2 Å². The van der Waals surface area contributed by atoms with Gasteiger partial charge in [0.1, 0.15) is 5.01 Å². The zero-order valence-electron chi connectivity index (χ0n) is 15.3. The van der Waals surface area contributed by atoms with Crippen LogP contribution >= 0.6 is 22.7 Å². The minimum Gasteiger partial charge on any atom is -0.494 e. The van der Waals surface area contributed by atoms with E-state index in [-0.39, 0.29) is 11.7 Å². The Labute approximate surface area is 169 Å². The molecule has 4 aromatic rings. The second-order valence-corrected chi connectivity index (χ2v) is 8.40. The van der Waals surface area contributed by atoms with Crippen molar-refractivity contribution in [2.45, 2.75) is 6.54 Å². The van der Waals surface area contributed by atoms with Crippen LogP contribution in [-0.2, 0) is 6.54 Å². The molecule has 0 saturated carbocycles. The molecule has 4 rings (SSSR count). The Morgan fingerprint density at radius 3 is 2.71 bits per heavy atom. The molecule has 0 aliphatic heterocycles. The maximum atomic E-state index is 13.9. The van der Waals surface area contributed by atoms with Crippen LogP contribution in [0, 0.1) is 5.82 Å². The molecule has 2 heterocycles. The van der Waals surface area contributed by atoms with Crippen LogP contribution in [-0.4, -0.2) is 29.9 Å². The SMILES string of the molecule is COc1ccc(CN(C)C(=O)c2ccc(-c3nc4ccccc4s3)s2)cc1F. The number of thiazole rings is 1. The van der Waals surface area contributed by atoms with Gasteiger partial charge < -0.3 is 9.64 Å². The van der Waals surface area contributed by atoms with Crippen molar-refractivity contribution >= 4 is 38.8 Å². The highest BCUT2D eigenvalue weighted by molar-refractivity contribution is 7.26. The number of halogens is 1. The van der Waals surface area contributed by atoms with Crippen LogP contribution in [0.25, 0.3) is 20.1 Å². The van der Waals surface area contributed by atoms with Gasteiger partial charge in [-0.15, -0.1) is 22.7 Å². The molecule has 28 heavy (non-hydrogen) atoms. The lowest BCUT2D eigenvalue weighted by atomic mass is 10.2. The molecule has 0 fully saturated rings. The average molecular weight is 413 g/mol. The molecule has 0 atom stereocenters. The number of rotatable bonds is 5. The van der Waals surface area contributed by atoms with Gasteiger partial charge in [0.25, 0.3) is 5.91 Å². The maximum Gasteiger partial charge on any atom is 0.263 e. The van der Waals surface area contributed by atoms with Gasteiger partial charge in [0, 0.05) is 13.6 Å². The third-order valence-corrected chi connectivity index (χ3v) is 6.58. The Morgan fingerprint density at radius 2 is 1.96 bits per heavy atom. The Kier molecular flexibility index (Phi) is 5.11. The predicted molar refractivity (Wildman–Crippen MR) is 112 cm³/mol. The Hall–Kier alpha value is -2.77. The lowest BCUT2D eigenvalue weighted by Crippen LogP contribution is -2.25. The van der Waals surface area contributed by atoms with Gasteiger partial charge in [0.2, 0.25) is 0 Å². The summed E-state index contributed by atoms with van der Waals surface area (Å²) in [4.78, 5) is 20.6. The van der Waals surface area contributed by atoms with Crippen LogP contribution in [0.5, 0.6) is 5.75 Å². The van der Waals surface area contributed by atoms with Crippen LogP contribution in [0.1, 0.15) is 15.2 Å². The fourth-order valence-electron chi connectivity index (χ4n) is 2.89. The van der Waals surface area contributed by atoms with E-state index in [0.29, 0.717) is 17.0 Å². The summed E-state index contributed by atoms with van der Waals surface area (Å²) in [5.74, 6) is -0.347. The van der Waals surface area contributed by atoms with Crippen LogP contribution in [0.4, 0.5) is 4.39 Å². The van der Waals surface area contributed by atoms with E-state index in [9.17, 15) is 9.18 Å². The molecule has 0 spiro atoms. The van der Waals surface area contributed by atoms with Crippen molar-refractivity contribution in [1.82, 2.24) is 9.88 Å². The van der Waals surface area contributed by atoms with Gasteiger partial charge in [0.05, 0.1) is 27.1 Å². The number of carbonyl (C=O) groups is 1. The second kappa shape index (κ2) is 7.69. The minimum absolute atomic E-state index is 0.103. The van der Waals surface area contributed by atoms with E-state index in [4.69, 9.17) is 4.74 Å². The van der Waals surface area contributed by atoms with Gasteiger partial charge in [-0.05, 0) is 42.0 Å². The van der Waals surface area contributed by atoms with E-state index < -0.39 is 5.82 Å². The third kappa shape index (κ3) is 3.63. The molecule has 0 saturated heterocycles. The van der Waals surface area contributed by atoms with Crippen LogP contribution in [0.15, 0.2) is 54.6 Å². The topological polar surface area (TPSA) is 42.4 Å². The first-order valence-electron chi connectivity index (χ1n) is 8.59. The Morgan fingerprint density at radius 1 is 1.14 bits per heavy atom. The second-order valence-electron chi connectivity index (χ2n) is 6.28. The summed E-state index contributed by atoms with van der Waals surface area (Å²) in [6.45, 7) is 0.314.